The van der Waals surface area contributed by atoms with Crippen molar-refractivity contribution < 1.29 is 10.2 Å². The number of rotatable bonds is 6. The zero-order valence-electron chi connectivity index (χ0n) is 12.7. The summed E-state index contributed by atoms with van der Waals surface area (Å²) >= 11 is 0. The highest BCUT2D eigenvalue weighted by Crippen LogP contribution is 2.29. The van der Waals surface area contributed by atoms with E-state index in [0.717, 1.165) is 18.7 Å². The first kappa shape index (κ1) is 15.8. The molecule has 3 heteroatoms. The van der Waals surface area contributed by atoms with E-state index in [1.54, 1.807) is 12.1 Å². The van der Waals surface area contributed by atoms with Crippen LogP contribution in [0.25, 0.3) is 0 Å². The van der Waals surface area contributed by atoms with Gasteiger partial charge < -0.3 is 10.2 Å². The third-order valence-corrected chi connectivity index (χ3v) is 3.15. The molecule has 2 N–H and O–H groups in total. The van der Waals surface area contributed by atoms with Gasteiger partial charge in [-0.25, -0.2) is 0 Å². The predicted octanol–water partition coefficient (Wildman–Crippen LogP) is 3.77. The van der Waals surface area contributed by atoms with Crippen LogP contribution in [0.4, 0.5) is 0 Å². The molecule has 0 amide bonds. The minimum Gasteiger partial charge on any atom is -0.508 e. The molecule has 0 fully saturated rings. The maximum absolute atomic E-state index is 9.61. The number of hydrogen-bond donors (Lipinski definition) is 2. The number of phenols is 2. The zero-order chi connectivity index (χ0) is 14.6. The molecule has 0 radical (unpaired) electrons. The monoisotopic (exact) mass is 265 g/mol. The highest BCUT2D eigenvalue weighted by Gasteiger charge is 2.19. The van der Waals surface area contributed by atoms with Crippen molar-refractivity contribution in [1.29, 1.82) is 0 Å². The van der Waals surface area contributed by atoms with Crippen molar-refractivity contribution in [2.75, 3.05) is 13.1 Å². The largest absolute Gasteiger partial charge is 0.508 e. The van der Waals surface area contributed by atoms with E-state index >= 15 is 0 Å². The topological polar surface area (TPSA) is 43.7 Å². The van der Waals surface area contributed by atoms with Crippen LogP contribution >= 0.6 is 0 Å². The van der Waals surface area contributed by atoms with Gasteiger partial charge in [-0.05, 0) is 36.5 Å². The van der Waals surface area contributed by atoms with E-state index in [-0.39, 0.29) is 17.5 Å². The Morgan fingerprint density at radius 2 is 1.26 bits per heavy atom. The quantitative estimate of drug-likeness (QED) is 0.823. The fraction of sp³-hybridized carbons (Fsp3) is 0.625. The Labute approximate surface area is 116 Å². The molecule has 0 spiro atoms. The molecule has 0 saturated carbocycles. The molecule has 19 heavy (non-hydrogen) atoms. The Bertz CT molecular complexity index is 371. The molecule has 0 bridgehead atoms. The highest BCUT2D eigenvalue weighted by atomic mass is 16.3. The molecular weight excluding hydrogens is 238 g/mol. The number of nitrogens with zero attached hydrogens (tertiary/aromatic N) is 1. The predicted molar refractivity (Wildman–Crippen MR) is 79.4 cm³/mol. The van der Waals surface area contributed by atoms with E-state index in [2.05, 4.69) is 39.5 Å². The normalized spacial score (nSPS) is 13.5. The van der Waals surface area contributed by atoms with Gasteiger partial charge in [-0.3, -0.25) is 4.90 Å². The Morgan fingerprint density at radius 1 is 0.842 bits per heavy atom. The van der Waals surface area contributed by atoms with Crippen LogP contribution in [0.15, 0.2) is 18.2 Å². The Morgan fingerprint density at radius 3 is 1.63 bits per heavy atom. The standard InChI is InChI=1S/C16H27NO2/c1-11(2)9-17(10-12(3)4)13(5)14-6-15(18)8-16(19)7-14/h6-8,11-13,18-19H,9-10H2,1-5H3. The van der Waals surface area contributed by atoms with E-state index < -0.39 is 0 Å². The van der Waals surface area contributed by atoms with Crippen LogP contribution < -0.4 is 0 Å². The van der Waals surface area contributed by atoms with Crippen LogP contribution in [0.3, 0.4) is 0 Å². The van der Waals surface area contributed by atoms with E-state index in [1.165, 1.54) is 6.07 Å². The maximum atomic E-state index is 9.61. The average molecular weight is 265 g/mol. The first-order chi connectivity index (χ1) is 8.79. The Kier molecular flexibility index (Phi) is 5.67. The average Bonchev–Trinajstić information content (AvgIpc) is 2.24. The van der Waals surface area contributed by atoms with Crippen LogP contribution in [0.1, 0.15) is 46.2 Å². The summed E-state index contributed by atoms with van der Waals surface area (Å²) in [6, 6.07) is 5.02. The Hall–Kier alpha value is -1.22. The van der Waals surface area contributed by atoms with Gasteiger partial charge >= 0.3 is 0 Å². The van der Waals surface area contributed by atoms with Crippen LogP contribution in [-0.4, -0.2) is 28.2 Å². The number of hydrogen-bond acceptors (Lipinski definition) is 3. The maximum Gasteiger partial charge on any atom is 0.119 e. The van der Waals surface area contributed by atoms with Gasteiger partial charge in [0, 0.05) is 25.2 Å². The lowest BCUT2D eigenvalue weighted by atomic mass is 10.0. The summed E-state index contributed by atoms with van der Waals surface area (Å²) in [5.41, 5.74) is 0.957. The van der Waals surface area contributed by atoms with Crippen molar-refractivity contribution in [1.82, 2.24) is 4.90 Å². The number of benzene rings is 1. The van der Waals surface area contributed by atoms with Crippen molar-refractivity contribution in [2.24, 2.45) is 11.8 Å². The molecule has 1 aromatic carbocycles. The van der Waals surface area contributed by atoms with Gasteiger partial charge in [0.2, 0.25) is 0 Å². The van der Waals surface area contributed by atoms with E-state index in [4.69, 9.17) is 0 Å². The van der Waals surface area contributed by atoms with Crippen LogP contribution in [0.2, 0.25) is 0 Å². The van der Waals surface area contributed by atoms with Gasteiger partial charge in [-0.2, -0.15) is 0 Å². The van der Waals surface area contributed by atoms with Gasteiger partial charge in [0.15, 0.2) is 0 Å². The number of aromatic hydroxyl groups is 2. The third-order valence-electron chi connectivity index (χ3n) is 3.15. The molecule has 108 valence electrons. The summed E-state index contributed by atoms with van der Waals surface area (Å²) in [5.74, 6) is 1.42. The fourth-order valence-corrected chi connectivity index (χ4v) is 2.40. The molecule has 0 heterocycles. The minimum absolute atomic E-state index is 0.121. The van der Waals surface area contributed by atoms with Crippen molar-refractivity contribution >= 4 is 0 Å². The SMILES string of the molecule is CC(C)CN(CC(C)C)C(C)c1cc(O)cc(O)c1. The molecule has 1 atom stereocenters. The molecular formula is C16H27NO2. The van der Waals surface area contributed by atoms with Crippen molar-refractivity contribution in [3.05, 3.63) is 23.8 Å². The van der Waals surface area contributed by atoms with E-state index in [9.17, 15) is 10.2 Å². The number of phenolic OH excluding ortho intramolecular Hbond substituents is 2. The van der Waals surface area contributed by atoms with Gasteiger partial charge in [0.1, 0.15) is 11.5 Å². The van der Waals surface area contributed by atoms with Crippen LogP contribution in [0, 0.1) is 11.8 Å². The van der Waals surface area contributed by atoms with Crippen molar-refractivity contribution in [3.63, 3.8) is 0 Å². The van der Waals surface area contributed by atoms with Gasteiger partial charge in [0.05, 0.1) is 0 Å². The molecule has 0 aliphatic heterocycles. The van der Waals surface area contributed by atoms with Crippen molar-refractivity contribution in [3.8, 4) is 11.5 Å². The summed E-state index contributed by atoms with van der Waals surface area (Å²) in [7, 11) is 0. The second-order valence-electron chi connectivity index (χ2n) is 6.20. The fourth-order valence-electron chi connectivity index (χ4n) is 2.40. The molecule has 0 saturated heterocycles. The minimum atomic E-state index is 0.121. The smallest absolute Gasteiger partial charge is 0.119 e. The lowest BCUT2D eigenvalue weighted by Gasteiger charge is -2.32. The first-order valence-electron chi connectivity index (χ1n) is 7.06. The molecule has 3 nitrogen and oxygen atoms in total. The van der Waals surface area contributed by atoms with Gasteiger partial charge in [0.25, 0.3) is 0 Å². The lowest BCUT2D eigenvalue weighted by Crippen LogP contribution is -2.33. The molecule has 1 unspecified atom stereocenters. The molecule has 1 aromatic rings. The highest BCUT2D eigenvalue weighted by molar-refractivity contribution is 5.38. The molecule has 0 aliphatic rings. The zero-order valence-corrected chi connectivity index (χ0v) is 12.7. The molecule has 1 rings (SSSR count). The van der Waals surface area contributed by atoms with Gasteiger partial charge in [-0.1, -0.05) is 27.7 Å². The summed E-state index contributed by atoms with van der Waals surface area (Å²) in [4.78, 5) is 2.41. The van der Waals surface area contributed by atoms with E-state index in [0.29, 0.717) is 11.8 Å². The van der Waals surface area contributed by atoms with Crippen LogP contribution in [0.5, 0.6) is 11.5 Å². The second kappa shape index (κ2) is 6.80. The van der Waals surface area contributed by atoms with Crippen LogP contribution in [-0.2, 0) is 0 Å². The lowest BCUT2D eigenvalue weighted by molar-refractivity contribution is 0.166. The summed E-state index contributed by atoms with van der Waals surface area (Å²) < 4.78 is 0. The molecule has 0 aliphatic carbocycles. The summed E-state index contributed by atoms with van der Waals surface area (Å²) in [6.07, 6.45) is 0. The summed E-state index contributed by atoms with van der Waals surface area (Å²) in [5, 5.41) is 19.2. The third kappa shape index (κ3) is 5.11. The Balaban J connectivity index is 2.93. The summed E-state index contributed by atoms with van der Waals surface area (Å²) in [6.45, 7) is 13.0. The second-order valence-corrected chi connectivity index (χ2v) is 6.20. The first-order valence-corrected chi connectivity index (χ1v) is 7.06. The molecule has 0 aromatic heterocycles. The van der Waals surface area contributed by atoms with Gasteiger partial charge in [-0.15, -0.1) is 0 Å². The van der Waals surface area contributed by atoms with Crippen molar-refractivity contribution in [2.45, 2.75) is 40.7 Å². The van der Waals surface area contributed by atoms with E-state index in [1.807, 2.05) is 0 Å².